The van der Waals surface area contributed by atoms with Crippen molar-refractivity contribution >= 4 is 0 Å². The maximum Gasteiger partial charge on any atom is 0.0659 e. The molecule has 3 nitrogen and oxygen atoms in total. The zero-order valence-electron chi connectivity index (χ0n) is 11.8. The molecule has 0 bridgehead atoms. The fourth-order valence-electron chi connectivity index (χ4n) is 2.86. The van der Waals surface area contributed by atoms with Gasteiger partial charge in [-0.05, 0) is 36.1 Å². The average molecular weight is 267 g/mol. The first-order chi connectivity index (χ1) is 9.85. The maximum atomic E-state index is 4.51. The van der Waals surface area contributed by atoms with Crippen molar-refractivity contribution < 1.29 is 0 Å². The number of hydrogen-bond donors (Lipinski definition) is 0. The van der Waals surface area contributed by atoms with E-state index in [0.717, 1.165) is 19.6 Å². The molecule has 3 heteroatoms. The van der Waals surface area contributed by atoms with Gasteiger partial charge in [0.2, 0.25) is 0 Å². The fraction of sp³-hybridized carbons (Fsp3) is 0.353. The van der Waals surface area contributed by atoms with Crippen molar-refractivity contribution in [2.24, 2.45) is 0 Å². The molecule has 0 saturated carbocycles. The monoisotopic (exact) mass is 267 g/mol. The van der Waals surface area contributed by atoms with Crippen molar-refractivity contribution in [3.8, 4) is 0 Å². The van der Waals surface area contributed by atoms with Crippen LogP contribution >= 0.6 is 0 Å². The first-order valence-electron chi connectivity index (χ1n) is 7.28. The third-order valence-electron chi connectivity index (χ3n) is 4.10. The number of likely N-dealkylation sites (tertiary alicyclic amines) is 1. The fourth-order valence-corrected chi connectivity index (χ4v) is 2.86. The lowest BCUT2D eigenvalue weighted by atomic mass is 9.92. The van der Waals surface area contributed by atoms with Crippen molar-refractivity contribution in [3.63, 3.8) is 0 Å². The van der Waals surface area contributed by atoms with E-state index in [1.807, 2.05) is 23.1 Å². The van der Waals surface area contributed by atoms with Crippen LogP contribution in [0.25, 0.3) is 0 Å². The van der Waals surface area contributed by atoms with Crippen LogP contribution in [0.2, 0.25) is 0 Å². The number of nitrogens with zero attached hydrogens (tertiary/aromatic N) is 3. The number of benzene rings is 1. The zero-order valence-corrected chi connectivity index (χ0v) is 11.8. The van der Waals surface area contributed by atoms with Gasteiger partial charge in [0.05, 0.1) is 12.7 Å². The molecular weight excluding hydrogens is 246 g/mol. The summed E-state index contributed by atoms with van der Waals surface area (Å²) in [5.74, 6) is 0.649. The third-order valence-corrected chi connectivity index (χ3v) is 4.10. The highest BCUT2D eigenvalue weighted by Crippen LogP contribution is 2.27. The first kappa shape index (κ1) is 13.0. The molecule has 1 aromatic heterocycles. The van der Waals surface area contributed by atoms with E-state index < -0.39 is 0 Å². The summed E-state index contributed by atoms with van der Waals surface area (Å²) in [5.41, 5.74) is 2.67. The molecule has 0 radical (unpaired) electrons. The number of rotatable bonds is 4. The van der Waals surface area contributed by atoms with Crippen molar-refractivity contribution in [2.75, 3.05) is 13.1 Å². The standard InChI is InChI=1S/C17H21N3/c1-2-19-10-8-16(9-11-19)17-12-18-20(14-17)13-15-6-4-3-5-7-15/h2-7,12,14,16H,1,8-11,13H2. The Hall–Kier alpha value is -2.03. The lowest BCUT2D eigenvalue weighted by Crippen LogP contribution is -2.28. The summed E-state index contributed by atoms with van der Waals surface area (Å²) in [6.07, 6.45) is 8.60. The van der Waals surface area contributed by atoms with Gasteiger partial charge in [0.1, 0.15) is 0 Å². The SMILES string of the molecule is C=CN1CCC(c2cnn(Cc3ccccc3)c2)CC1. The summed E-state index contributed by atoms with van der Waals surface area (Å²) < 4.78 is 2.05. The Morgan fingerprint density at radius 2 is 1.95 bits per heavy atom. The molecule has 2 aromatic rings. The minimum Gasteiger partial charge on any atom is -0.378 e. The Labute approximate surface area is 120 Å². The van der Waals surface area contributed by atoms with Crippen LogP contribution in [0.15, 0.2) is 55.5 Å². The molecule has 104 valence electrons. The molecule has 0 atom stereocenters. The summed E-state index contributed by atoms with van der Waals surface area (Å²) in [5, 5.41) is 4.51. The lowest BCUT2D eigenvalue weighted by Gasteiger charge is -2.30. The van der Waals surface area contributed by atoms with E-state index in [1.165, 1.54) is 24.0 Å². The molecule has 0 N–H and O–H groups in total. The van der Waals surface area contributed by atoms with E-state index in [1.54, 1.807) is 0 Å². The van der Waals surface area contributed by atoms with Gasteiger partial charge in [0.15, 0.2) is 0 Å². The Bertz CT molecular complexity index is 551. The van der Waals surface area contributed by atoms with Gasteiger partial charge in [0, 0.05) is 19.3 Å². The van der Waals surface area contributed by atoms with Crippen molar-refractivity contribution in [1.29, 1.82) is 0 Å². The van der Waals surface area contributed by atoms with E-state index in [-0.39, 0.29) is 0 Å². The minimum absolute atomic E-state index is 0.649. The number of piperidine rings is 1. The van der Waals surface area contributed by atoms with Crippen LogP contribution in [0.3, 0.4) is 0 Å². The maximum absolute atomic E-state index is 4.51. The van der Waals surface area contributed by atoms with Gasteiger partial charge in [-0.25, -0.2) is 0 Å². The van der Waals surface area contributed by atoms with Gasteiger partial charge in [-0.2, -0.15) is 5.10 Å². The van der Waals surface area contributed by atoms with Crippen LogP contribution in [0.4, 0.5) is 0 Å². The van der Waals surface area contributed by atoms with Gasteiger partial charge in [-0.3, -0.25) is 4.68 Å². The molecular formula is C17H21N3. The summed E-state index contributed by atoms with van der Waals surface area (Å²) in [6, 6.07) is 10.5. The van der Waals surface area contributed by atoms with E-state index in [4.69, 9.17) is 0 Å². The second kappa shape index (κ2) is 5.95. The second-order valence-corrected chi connectivity index (χ2v) is 5.45. The Morgan fingerprint density at radius 1 is 1.20 bits per heavy atom. The van der Waals surface area contributed by atoms with Crippen LogP contribution in [-0.4, -0.2) is 27.8 Å². The Kier molecular flexibility index (Phi) is 3.86. The van der Waals surface area contributed by atoms with E-state index in [0.29, 0.717) is 5.92 Å². The summed E-state index contributed by atoms with van der Waals surface area (Å²) in [4.78, 5) is 2.30. The van der Waals surface area contributed by atoms with E-state index >= 15 is 0 Å². The predicted molar refractivity (Wildman–Crippen MR) is 81.5 cm³/mol. The first-order valence-corrected chi connectivity index (χ1v) is 7.28. The molecule has 0 amide bonds. The highest BCUT2D eigenvalue weighted by Gasteiger charge is 2.19. The van der Waals surface area contributed by atoms with Crippen molar-refractivity contribution in [1.82, 2.24) is 14.7 Å². The van der Waals surface area contributed by atoms with E-state index in [9.17, 15) is 0 Å². The number of aromatic nitrogens is 2. The molecule has 1 saturated heterocycles. The van der Waals surface area contributed by atoms with Crippen molar-refractivity contribution in [2.45, 2.75) is 25.3 Å². The van der Waals surface area contributed by atoms with Crippen LogP contribution < -0.4 is 0 Å². The van der Waals surface area contributed by atoms with Gasteiger partial charge in [-0.15, -0.1) is 0 Å². The molecule has 1 fully saturated rings. The summed E-state index contributed by atoms with van der Waals surface area (Å²) in [6.45, 7) is 6.91. The van der Waals surface area contributed by atoms with Crippen LogP contribution in [0.5, 0.6) is 0 Å². The molecule has 0 unspecified atom stereocenters. The Morgan fingerprint density at radius 3 is 2.65 bits per heavy atom. The van der Waals surface area contributed by atoms with Gasteiger partial charge in [0.25, 0.3) is 0 Å². The summed E-state index contributed by atoms with van der Waals surface area (Å²) >= 11 is 0. The van der Waals surface area contributed by atoms with Crippen molar-refractivity contribution in [3.05, 3.63) is 66.6 Å². The van der Waals surface area contributed by atoms with Crippen LogP contribution in [0, 0.1) is 0 Å². The Balaban J connectivity index is 1.64. The second-order valence-electron chi connectivity index (χ2n) is 5.45. The minimum atomic E-state index is 0.649. The van der Waals surface area contributed by atoms with Crippen LogP contribution in [-0.2, 0) is 6.54 Å². The van der Waals surface area contributed by atoms with Gasteiger partial charge < -0.3 is 4.90 Å². The van der Waals surface area contributed by atoms with Crippen LogP contribution in [0.1, 0.15) is 29.9 Å². The highest BCUT2D eigenvalue weighted by molar-refractivity contribution is 5.17. The zero-order chi connectivity index (χ0) is 13.8. The molecule has 1 aromatic carbocycles. The van der Waals surface area contributed by atoms with Gasteiger partial charge in [-0.1, -0.05) is 36.9 Å². The smallest absolute Gasteiger partial charge is 0.0659 e. The average Bonchev–Trinajstić information content (AvgIpc) is 2.97. The number of hydrogen-bond acceptors (Lipinski definition) is 2. The topological polar surface area (TPSA) is 21.1 Å². The summed E-state index contributed by atoms with van der Waals surface area (Å²) in [7, 11) is 0. The molecule has 2 heterocycles. The molecule has 1 aliphatic heterocycles. The third kappa shape index (κ3) is 2.93. The normalized spacial score (nSPS) is 16.3. The largest absolute Gasteiger partial charge is 0.378 e. The quantitative estimate of drug-likeness (QED) is 0.848. The lowest BCUT2D eigenvalue weighted by molar-refractivity contribution is 0.285. The highest BCUT2D eigenvalue weighted by atomic mass is 15.3. The predicted octanol–water partition coefficient (Wildman–Crippen LogP) is 3.25. The molecule has 0 spiro atoms. The molecule has 20 heavy (non-hydrogen) atoms. The molecule has 0 aliphatic carbocycles. The molecule has 3 rings (SSSR count). The molecule has 1 aliphatic rings. The van der Waals surface area contributed by atoms with Gasteiger partial charge >= 0.3 is 0 Å². The van der Waals surface area contributed by atoms with E-state index in [2.05, 4.69) is 47.0 Å².